The van der Waals surface area contributed by atoms with Gasteiger partial charge in [-0.3, -0.25) is 0 Å². The Morgan fingerprint density at radius 2 is 1.28 bits per heavy atom. The highest BCUT2D eigenvalue weighted by atomic mass is 14.6. The van der Waals surface area contributed by atoms with Crippen molar-refractivity contribution in [1.82, 2.24) is 0 Å². The van der Waals surface area contributed by atoms with E-state index in [2.05, 4.69) is 19.1 Å². The van der Waals surface area contributed by atoms with Crippen LogP contribution in [0.1, 0.15) is 22.3 Å². The third kappa shape index (κ3) is 1.74. The van der Waals surface area contributed by atoms with Gasteiger partial charge in [-0.1, -0.05) is 24.3 Å². The first-order chi connectivity index (χ1) is 8.45. The summed E-state index contributed by atoms with van der Waals surface area (Å²) < 4.78 is 0. The third-order valence-electron chi connectivity index (χ3n) is 3.83. The summed E-state index contributed by atoms with van der Waals surface area (Å²) in [5.41, 5.74) is 20.9. The molecule has 0 fully saturated rings. The normalized spacial score (nSPS) is 10.7. The average Bonchev–Trinajstić information content (AvgIpc) is 2.36. The summed E-state index contributed by atoms with van der Waals surface area (Å²) in [6.45, 7) is 8.19. The van der Waals surface area contributed by atoms with Crippen LogP contribution in [0, 0.1) is 27.7 Å². The van der Waals surface area contributed by atoms with E-state index >= 15 is 0 Å². The second-order valence-corrected chi connectivity index (χ2v) is 4.89. The second-order valence-electron chi connectivity index (χ2n) is 4.89. The molecule has 2 heteroatoms. The van der Waals surface area contributed by atoms with Gasteiger partial charge in [-0.25, -0.2) is 0 Å². The van der Waals surface area contributed by atoms with E-state index in [1.54, 1.807) is 0 Å². The van der Waals surface area contributed by atoms with Crippen molar-refractivity contribution in [2.45, 2.75) is 27.7 Å². The van der Waals surface area contributed by atoms with Crippen molar-refractivity contribution in [1.29, 1.82) is 0 Å². The molecule has 0 saturated carbocycles. The predicted octanol–water partition coefficient (Wildman–Crippen LogP) is 3.75. The molecule has 0 aliphatic carbocycles. The van der Waals surface area contributed by atoms with Crippen LogP contribution in [0.3, 0.4) is 0 Å². The third-order valence-corrected chi connectivity index (χ3v) is 3.83. The minimum Gasteiger partial charge on any atom is -0.398 e. The minimum atomic E-state index is 0.841. The van der Waals surface area contributed by atoms with E-state index in [-0.39, 0.29) is 0 Å². The Hall–Kier alpha value is -1.96. The fraction of sp³-hybridized carbons (Fsp3) is 0.250. The summed E-state index contributed by atoms with van der Waals surface area (Å²) in [6.07, 6.45) is 0. The Morgan fingerprint density at radius 3 is 1.89 bits per heavy atom. The standard InChI is InChI=1S/C16H20N2/c1-9-7-5-6-8-13(9)14-12(4)15(17)10(2)11(3)16(14)18/h5-8H,17-18H2,1-4H3. The summed E-state index contributed by atoms with van der Waals surface area (Å²) >= 11 is 0. The molecule has 0 atom stereocenters. The van der Waals surface area contributed by atoms with E-state index in [1.165, 1.54) is 11.1 Å². The van der Waals surface area contributed by atoms with Crippen LogP contribution in [0.15, 0.2) is 24.3 Å². The zero-order valence-electron chi connectivity index (χ0n) is 11.5. The highest BCUT2D eigenvalue weighted by Gasteiger charge is 2.15. The first-order valence-corrected chi connectivity index (χ1v) is 6.15. The van der Waals surface area contributed by atoms with Crippen molar-refractivity contribution in [2.75, 3.05) is 11.5 Å². The fourth-order valence-corrected chi connectivity index (χ4v) is 2.41. The quantitative estimate of drug-likeness (QED) is 0.746. The van der Waals surface area contributed by atoms with Crippen LogP contribution >= 0.6 is 0 Å². The monoisotopic (exact) mass is 240 g/mol. The van der Waals surface area contributed by atoms with Gasteiger partial charge in [0.25, 0.3) is 0 Å². The summed E-state index contributed by atoms with van der Waals surface area (Å²) in [4.78, 5) is 0. The Balaban J connectivity index is 2.85. The van der Waals surface area contributed by atoms with Gasteiger partial charge in [-0.2, -0.15) is 0 Å². The van der Waals surface area contributed by atoms with E-state index in [1.807, 2.05) is 32.9 Å². The molecule has 2 aromatic rings. The number of aryl methyl sites for hydroxylation is 1. The van der Waals surface area contributed by atoms with Crippen molar-refractivity contribution in [3.63, 3.8) is 0 Å². The Bertz CT molecular complexity index is 584. The molecule has 4 N–H and O–H groups in total. The summed E-state index contributed by atoms with van der Waals surface area (Å²) in [5.74, 6) is 0. The van der Waals surface area contributed by atoms with Gasteiger partial charge < -0.3 is 11.5 Å². The highest BCUT2D eigenvalue weighted by Crippen LogP contribution is 2.39. The van der Waals surface area contributed by atoms with E-state index in [0.29, 0.717) is 0 Å². The van der Waals surface area contributed by atoms with E-state index in [4.69, 9.17) is 11.5 Å². The molecule has 2 nitrogen and oxygen atoms in total. The van der Waals surface area contributed by atoms with E-state index in [9.17, 15) is 0 Å². The molecule has 94 valence electrons. The van der Waals surface area contributed by atoms with Crippen molar-refractivity contribution in [3.05, 3.63) is 46.5 Å². The zero-order chi connectivity index (χ0) is 13.4. The smallest absolute Gasteiger partial charge is 0.0430 e. The van der Waals surface area contributed by atoms with Gasteiger partial charge in [0.1, 0.15) is 0 Å². The van der Waals surface area contributed by atoms with Gasteiger partial charge in [-0.05, 0) is 55.5 Å². The molecule has 18 heavy (non-hydrogen) atoms. The lowest BCUT2D eigenvalue weighted by atomic mass is 9.89. The van der Waals surface area contributed by atoms with E-state index < -0.39 is 0 Å². The summed E-state index contributed by atoms with van der Waals surface area (Å²) in [5, 5.41) is 0. The lowest BCUT2D eigenvalue weighted by Gasteiger charge is -2.19. The lowest BCUT2D eigenvalue weighted by Crippen LogP contribution is -2.05. The van der Waals surface area contributed by atoms with Crippen LogP contribution in [-0.2, 0) is 0 Å². The molecule has 0 amide bonds. The molecule has 0 aliphatic heterocycles. The van der Waals surface area contributed by atoms with Gasteiger partial charge in [0.15, 0.2) is 0 Å². The van der Waals surface area contributed by atoms with Gasteiger partial charge in [0, 0.05) is 16.9 Å². The largest absolute Gasteiger partial charge is 0.398 e. The maximum Gasteiger partial charge on any atom is 0.0430 e. The Morgan fingerprint density at radius 1 is 0.722 bits per heavy atom. The van der Waals surface area contributed by atoms with Crippen molar-refractivity contribution >= 4 is 11.4 Å². The van der Waals surface area contributed by atoms with Gasteiger partial charge in [0.05, 0.1) is 0 Å². The van der Waals surface area contributed by atoms with Crippen LogP contribution in [-0.4, -0.2) is 0 Å². The number of anilines is 2. The number of hydrogen-bond donors (Lipinski definition) is 2. The molecule has 0 heterocycles. The molecule has 0 saturated heterocycles. The number of hydrogen-bond acceptors (Lipinski definition) is 2. The Labute approximate surface area is 109 Å². The van der Waals surface area contributed by atoms with Crippen LogP contribution in [0.5, 0.6) is 0 Å². The fourth-order valence-electron chi connectivity index (χ4n) is 2.41. The molecular weight excluding hydrogens is 220 g/mol. The van der Waals surface area contributed by atoms with Crippen LogP contribution in [0.4, 0.5) is 11.4 Å². The highest BCUT2D eigenvalue weighted by molar-refractivity contribution is 5.88. The first-order valence-electron chi connectivity index (χ1n) is 6.15. The maximum atomic E-state index is 6.30. The molecule has 0 aromatic heterocycles. The number of nitrogens with two attached hydrogens (primary N) is 2. The van der Waals surface area contributed by atoms with Gasteiger partial charge >= 0.3 is 0 Å². The average molecular weight is 240 g/mol. The number of nitrogen functional groups attached to an aromatic ring is 2. The van der Waals surface area contributed by atoms with Crippen molar-refractivity contribution < 1.29 is 0 Å². The maximum absolute atomic E-state index is 6.30. The molecule has 0 radical (unpaired) electrons. The second kappa shape index (κ2) is 4.37. The molecule has 0 unspecified atom stereocenters. The predicted molar refractivity (Wildman–Crippen MR) is 79.7 cm³/mol. The molecule has 0 aliphatic rings. The summed E-state index contributed by atoms with van der Waals surface area (Å²) in [7, 11) is 0. The first kappa shape index (κ1) is 12.5. The number of benzene rings is 2. The van der Waals surface area contributed by atoms with Gasteiger partial charge in [-0.15, -0.1) is 0 Å². The topological polar surface area (TPSA) is 52.0 Å². The molecule has 2 rings (SSSR count). The van der Waals surface area contributed by atoms with Crippen LogP contribution in [0.2, 0.25) is 0 Å². The molecule has 0 spiro atoms. The van der Waals surface area contributed by atoms with Gasteiger partial charge in [0.2, 0.25) is 0 Å². The molecule has 0 bridgehead atoms. The zero-order valence-corrected chi connectivity index (χ0v) is 11.5. The lowest BCUT2D eigenvalue weighted by molar-refractivity contribution is 1.30. The van der Waals surface area contributed by atoms with E-state index in [0.717, 1.165) is 33.6 Å². The molecule has 2 aromatic carbocycles. The van der Waals surface area contributed by atoms with Crippen LogP contribution in [0.25, 0.3) is 11.1 Å². The number of rotatable bonds is 1. The van der Waals surface area contributed by atoms with Crippen molar-refractivity contribution in [2.24, 2.45) is 0 Å². The SMILES string of the molecule is Cc1ccccc1-c1c(C)c(N)c(C)c(C)c1N. The minimum absolute atomic E-state index is 0.841. The molecular formula is C16H20N2. The Kier molecular flexibility index (Phi) is 3.04. The van der Waals surface area contributed by atoms with Crippen LogP contribution < -0.4 is 11.5 Å². The summed E-state index contributed by atoms with van der Waals surface area (Å²) in [6, 6.07) is 8.27. The van der Waals surface area contributed by atoms with Crippen molar-refractivity contribution in [3.8, 4) is 11.1 Å².